The topological polar surface area (TPSA) is 47.6 Å². The van der Waals surface area contributed by atoms with Gasteiger partial charge < -0.3 is 14.8 Å². The molecule has 1 N–H and O–H groups in total. The van der Waals surface area contributed by atoms with Crippen LogP contribution in [0.2, 0.25) is 5.02 Å². The second kappa shape index (κ2) is 9.06. The molecule has 0 aromatic heterocycles. The van der Waals surface area contributed by atoms with Crippen molar-refractivity contribution in [2.24, 2.45) is 0 Å². The van der Waals surface area contributed by atoms with Crippen LogP contribution in [-0.2, 0) is 11.3 Å². The van der Waals surface area contributed by atoms with Gasteiger partial charge in [0.25, 0.3) is 5.91 Å². The molecule has 0 fully saturated rings. The predicted molar refractivity (Wildman–Crippen MR) is 91.0 cm³/mol. The SMILES string of the molecule is CCCOc1ccc(OCC(=O)NCc2ccccc2Cl)cc1. The number of hydrogen-bond donors (Lipinski definition) is 1. The number of rotatable bonds is 8. The van der Waals surface area contributed by atoms with E-state index in [1.54, 1.807) is 18.2 Å². The van der Waals surface area contributed by atoms with E-state index < -0.39 is 0 Å². The molecule has 0 saturated carbocycles. The molecule has 4 nitrogen and oxygen atoms in total. The number of carbonyl (C=O) groups excluding carboxylic acids is 1. The summed E-state index contributed by atoms with van der Waals surface area (Å²) in [5.41, 5.74) is 0.875. The Bertz CT molecular complexity index is 628. The van der Waals surface area contributed by atoms with Crippen molar-refractivity contribution in [2.45, 2.75) is 19.9 Å². The van der Waals surface area contributed by atoms with E-state index in [4.69, 9.17) is 21.1 Å². The van der Waals surface area contributed by atoms with E-state index in [-0.39, 0.29) is 12.5 Å². The molecular weight excluding hydrogens is 314 g/mol. The minimum absolute atomic E-state index is 0.0420. The van der Waals surface area contributed by atoms with Crippen molar-refractivity contribution in [3.05, 3.63) is 59.1 Å². The highest BCUT2D eigenvalue weighted by atomic mass is 35.5. The molecule has 0 radical (unpaired) electrons. The van der Waals surface area contributed by atoms with Crippen LogP contribution < -0.4 is 14.8 Å². The van der Waals surface area contributed by atoms with Gasteiger partial charge in [0, 0.05) is 11.6 Å². The highest BCUT2D eigenvalue weighted by Gasteiger charge is 2.05. The van der Waals surface area contributed by atoms with Gasteiger partial charge in [-0.15, -0.1) is 0 Å². The highest BCUT2D eigenvalue weighted by Crippen LogP contribution is 2.18. The largest absolute Gasteiger partial charge is 0.494 e. The molecule has 2 rings (SSSR count). The van der Waals surface area contributed by atoms with Gasteiger partial charge in [-0.05, 0) is 42.3 Å². The monoisotopic (exact) mass is 333 g/mol. The molecule has 0 aliphatic heterocycles. The Hall–Kier alpha value is -2.20. The van der Waals surface area contributed by atoms with Crippen molar-refractivity contribution >= 4 is 17.5 Å². The van der Waals surface area contributed by atoms with Crippen molar-refractivity contribution in [1.82, 2.24) is 5.32 Å². The van der Waals surface area contributed by atoms with Gasteiger partial charge >= 0.3 is 0 Å². The van der Waals surface area contributed by atoms with Crippen LogP contribution in [0.1, 0.15) is 18.9 Å². The quantitative estimate of drug-likeness (QED) is 0.798. The third-order valence-electron chi connectivity index (χ3n) is 3.10. The van der Waals surface area contributed by atoms with E-state index in [9.17, 15) is 4.79 Å². The molecule has 1 amide bonds. The number of halogens is 1. The number of carbonyl (C=O) groups is 1. The van der Waals surface area contributed by atoms with Gasteiger partial charge in [-0.25, -0.2) is 0 Å². The Morgan fingerprint density at radius 1 is 1.04 bits per heavy atom. The Labute approximate surface area is 141 Å². The average Bonchev–Trinajstić information content (AvgIpc) is 2.58. The summed E-state index contributed by atoms with van der Waals surface area (Å²) in [6, 6.07) is 14.6. The fourth-order valence-corrected chi connectivity index (χ4v) is 2.09. The molecule has 0 atom stereocenters. The van der Waals surface area contributed by atoms with E-state index in [0.717, 1.165) is 17.7 Å². The standard InChI is InChI=1S/C18H20ClNO3/c1-2-11-22-15-7-9-16(10-8-15)23-13-18(21)20-12-14-5-3-4-6-17(14)19/h3-10H,2,11-13H2,1H3,(H,20,21). The fourth-order valence-electron chi connectivity index (χ4n) is 1.89. The number of hydrogen-bond acceptors (Lipinski definition) is 3. The lowest BCUT2D eigenvalue weighted by Crippen LogP contribution is -2.28. The molecule has 122 valence electrons. The summed E-state index contributed by atoms with van der Waals surface area (Å²) in [5, 5.41) is 3.41. The molecule has 0 aliphatic carbocycles. The maximum atomic E-state index is 11.8. The first-order valence-electron chi connectivity index (χ1n) is 7.55. The lowest BCUT2D eigenvalue weighted by Gasteiger charge is -2.09. The molecule has 0 heterocycles. The molecule has 0 bridgehead atoms. The first-order chi connectivity index (χ1) is 11.2. The smallest absolute Gasteiger partial charge is 0.258 e. The molecule has 5 heteroatoms. The first-order valence-corrected chi connectivity index (χ1v) is 7.92. The lowest BCUT2D eigenvalue weighted by molar-refractivity contribution is -0.123. The number of ether oxygens (including phenoxy) is 2. The van der Waals surface area contributed by atoms with Crippen molar-refractivity contribution in [1.29, 1.82) is 0 Å². The molecule has 2 aromatic carbocycles. The highest BCUT2D eigenvalue weighted by molar-refractivity contribution is 6.31. The van der Waals surface area contributed by atoms with Crippen molar-refractivity contribution in [2.75, 3.05) is 13.2 Å². The van der Waals surface area contributed by atoms with Crippen LogP contribution in [0, 0.1) is 0 Å². The fraction of sp³-hybridized carbons (Fsp3) is 0.278. The second-order valence-corrected chi connectivity index (χ2v) is 5.38. The van der Waals surface area contributed by atoms with Crippen molar-refractivity contribution in [3.8, 4) is 11.5 Å². The van der Waals surface area contributed by atoms with Crippen LogP contribution in [0.25, 0.3) is 0 Å². The van der Waals surface area contributed by atoms with Gasteiger partial charge in [-0.2, -0.15) is 0 Å². The minimum atomic E-state index is -0.198. The summed E-state index contributed by atoms with van der Waals surface area (Å²) in [6.07, 6.45) is 0.962. The zero-order valence-electron chi connectivity index (χ0n) is 13.0. The third kappa shape index (κ3) is 5.83. The Morgan fingerprint density at radius 3 is 2.35 bits per heavy atom. The van der Waals surface area contributed by atoms with Crippen LogP contribution >= 0.6 is 11.6 Å². The normalized spacial score (nSPS) is 10.2. The molecule has 0 unspecified atom stereocenters. The summed E-state index contributed by atoms with van der Waals surface area (Å²) in [7, 11) is 0. The molecule has 0 spiro atoms. The van der Waals surface area contributed by atoms with E-state index in [0.29, 0.717) is 23.9 Å². The van der Waals surface area contributed by atoms with Crippen molar-refractivity contribution in [3.63, 3.8) is 0 Å². The van der Waals surface area contributed by atoms with Gasteiger partial charge in [-0.3, -0.25) is 4.79 Å². The first kappa shape index (κ1) is 17.2. The second-order valence-electron chi connectivity index (χ2n) is 4.98. The van der Waals surface area contributed by atoms with Crippen LogP contribution in [0.15, 0.2) is 48.5 Å². The number of benzene rings is 2. The van der Waals surface area contributed by atoms with E-state index in [2.05, 4.69) is 12.2 Å². The summed E-state index contributed by atoms with van der Waals surface area (Å²) >= 11 is 6.04. The minimum Gasteiger partial charge on any atom is -0.494 e. The van der Waals surface area contributed by atoms with Crippen LogP contribution in [0.4, 0.5) is 0 Å². The molecule has 23 heavy (non-hydrogen) atoms. The summed E-state index contributed by atoms with van der Waals surface area (Å²) in [4.78, 5) is 11.8. The zero-order valence-corrected chi connectivity index (χ0v) is 13.8. The Balaban J connectivity index is 1.75. The summed E-state index contributed by atoms with van der Waals surface area (Å²) in [5.74, 6) is 1.22. The number of amides is 1. The van der Waals surface area contributed by atoms with Gasteiger partial charge in [-0.1, -0.05) is 36.7 Å². The third-order valence-corrected chi connectivity index (χ3v) is 3.47. The average molecular weight is 334 g/mol. The maximum absolute atomic E-state index is 11.8. The van der Waals surface area contributed by atoms with Gasteiger partial charge in [0.2, 0.25) is 0 Å². The van der Waals surface area contributed by atoms with Crippen LogP contribution in [0.3, 0.4) is 0 Å². The van der Waals surface area contributed by atoms with Crippen LogP contribution in [0.5, 0.6) is 11.5 Å². The Morgan fingerprint density at radius 2 is 1.70 bits per heavy atom. The summed E-state index contributed by atoms with van der Waals surface area (Å²) in [6.45, 7) is 3.08. The molecule has 0 aliphatic rings. The Kier molecular flexibility index (Phi) is 6.76. The lowest BCUT2D eigenvalue weighted by atomic mass is 10.2. The van der Waals surface area contributed by atoms with Gasteiger partial charge in [0.15, 0.2) is 6.61 Å². The molecular formula is C18H20ClNO3. The van der Waals surface area contributed by atoms with E-state index in [1.165, 1.54) is 0 Å². The predicted octanol–water partition coefficient (Wildman–Crippen LogP) is 3.82. The molecule has 2 aromatic rings. The maximum Gasteiger partial charge on any atom is 0.258 e. The molecule has 0 saturated heterocycles. The van der Waals surface area contributed by atoms with E-state index >= 15 is 0 Å². The summed E-state index contributed by atoms with van der Waals surface area (Å²) < 4.78 is 10.9. The van der Waals surface area contributed by atoms with Crippen molar-refractivity contribution < 1.29 is 14.3 Å². The zero-order chi connectivity index (χ0) is 16.5. The van der Waals surface area contributed by atoms with E-state index in [1.807, 2.05) is 30.3 Å². The van der Waals surface area contributed by atoms with Crippen LogP contribution in [-0.4, -0.2) is 19.1 Å². The number of nitrogens with one attached hydrogen (secondary N) is 1. The van der Waals surface area contributed by atoms with Gasteiger partial charge in [0.1, 0.15) is 11.5 Å². The van der Waals surface area contributed by atoms with Gasteiger partial charge in [0.05, 0.1) is 6.61 Å².